The molecule has 6 heteroatoms. The molecule has 0 saturated carbocycles. The number of rotatable bonds is 38. The van der Waals surface area contributed by atoms with Crippen LogP contribution in [0.2, 0.25) is 0 Å². The molecule has 0 rings (SSSR count). The van der Waals surface area contributed by atoms with Gasteiger partial charge in [0.2, 0.25) is 0 Å². The maximum atomic E-state index is 12.7. The molecule has 6 nitrogen and oxygen atoms in total. The highest BCUT2D eigenvalue weighted by molar-refractivity contribution is 5.71. The molecule has 1 atom stereocenters. The van der Waals surface area contributed by atoms with Crippen LogP contribution in [-0.4, -0.2) is 37.2 Å². The van der Waals surface area contributed by atoms with Crippen molar-refractivity contribution in [2.75, 3.05) is 13.2 Å². The first-order valence-corrected chi connectivity index (χ1v) is 22.6. The van der Waals surface area contributed by atoms with E-state index in [0.717, 1.165) is 89.9 Å². The molecule has 0 aliphatic carbocycles. The molecule has 0 heterocycles. The van der Waals surface area contributed by atoms with Crippen molar-refractivity contribution < 1.29 is 28.6 Å². The van der Waals surface area contributed by atoms with Gasteiger partial charge in [0.25, 0.3) is 0 Å². The maximum absolute atomic E-state index is 12.7. The van der Waals surface area contributed by atoms with Crippen molar-refractivity contribution in [3.63, 3.8) is 0 Å². The first-order chi connectivity index (χ1) is 28.5. The molecule has 0 N–H and O–H groups in total. The second kappa shape index (κ2) is 45.5. The Morgan fingerprint density at radius 3 is 1.22 bits per heavy atom. The third-order valence-electron chi connectivity index (χ3n) is 8.85. The smallest absolute Gasteiger partial charge is 0.306 e. The summed E-state index contributed by atoms with van der Waals surface area (Å²) in [6, 6.07) is 0. The van der Waals surface area contributed by atoms with Crippen molar-refractivity contribution in [1.82, 2.24) is 0 Å². The number of esters is 3. The van der Waals surface area contributed by atoms with E-state index in [1.54, 1.807) is 0 Å². The third kappa shape index (κ3) is 42.9. The van der Waals surface area contributed by atoms with Gasteiger partial charge in [-0.15, -0.1) is 0 Å². The van der Waals surface area contributed by atoms with Gasteiger partial charge in [-0.2, -0.15) is 0 Å². The number of carbonyl (C=O) groups is 3. The molecule has 0 aliphatic rings. The van der Waals surface area contributed by atoms with Gasteiger partial charge in [0.05, 0.1) is 0 Å². The monoisotopic (exact) mass is 801 g/mol. The van der Waals surface area contributed by atoms with Gasteiger partial charge < -0.3 is 14.2 Å². The largest absolute Gasteiger partial charge is 0.462 e. The Morgan fingerprint density at radius 1 is 0.362 bits per heavy atom. The van der Waals surface area contributed by atoms with Crippen LogP contribution in [0.25, 0.3) is 0 Å². The second-order valence-electron chi connectivity index (χ2n) is 14.3. The number of unbranched alkanes of at least 4 members (excludes halogenated alkanes) is 12. The van der Waals surface area contributed by atoms with Crippen molar-refractivity contribution in [3.8, 4) is 0 Å². The Hall–Kier alpha value is -4.19. The van der Waals surface area contributed by atoms with Gasteiger partial charge in [-0.25, -0.2) is 0 Å². The summed E-state index contributed by atoms with van der Waals surface area (Å²) >= 11 is 0. The van der Waals surface area contributed by atoms with Crippen molar-refractivity contribution in [2.24, 2.45) is 0 Å². The molecule has 0 aromatic heterocycles. The zero-order valence-corrected chi connectivity index (χ0v) is 36.8. The van der Waals surface area contributed by atoms with Crippen LogP contribution >= 0.6 is 0 Å². The second-order valence-corrected chi connectivity index (χ2v) is 14.3. The first kappa shape index (κ1) is 53.8. The number of hydrogen-bond donors (Lipinski definition) is 0. The number of ether oxygens (including phenoxy) is 3. The summed E-state index contributed by atoms with van der Waals surface area (Å²) in [4.78, 5) is 37.8. The van der Waals surface area contributed by atoms with Crippen LogP contribution in [0.1, 0.15) is 168 Å². The molecule has 0 fully saturated rings. The van der Waals surface area contributed by atoms with Gasteiger partial charge >= 0.3 is 17.9 Å². The standard InChI is InChI=1S/C52H80O6/c1-4-7-10-13-16-19-22-25-26-28-30-33-36-39-42-45-51(54)57-48-49(47-56-50(53)44-41-38-35-32-29-24-21-18-15-12-9-6-3)58-52(55)46-43-40-37-34-31-27-23-20-17-14-11-8-5-2/h7-14,16-23,27,29,31-32,49H,4-6,15,24-26,28,30,33-48H2,1-3H3/b10-7-,11-8-,12-9-,16-13-,17-14-,21-18-,22-19-,23-20-,31-27-,32-29-. The van der Waals surface area contributed by atoms with Gasteiger partial charge in [-0.05, 0) is 89.9 Å². The molecule has 0 aliphatic heterocycles. The van der Waals surface area contributed by atoms with Crippen LogP contribution in [-0.2, 0) is 28.6 Å². The van der Waals surface area contributed by atoms with E-state index >= 15 is 0 Å². The summed E-state index contributed by atoms with van der Waals surface area (Å²) in [5.74, 6) is -1.02. The average molecular weight is 801 g/mol. The van der Waals surface area contributed by atoms with Gasteiger partial charge in [0, 0.05) is 19.3 Å². The SMILES string of the molecule is CC\C=C/C=C\C=C/C=C\CCCCCC(=O)OC(COC(=O)CCCC/C=C\C/C=C\C/C=C\CC)COC(=O)CCCCCCCCC\C=C/C=C\C=C/CC. The minimum atomic E-state index is -0.821. The maximum Gasteiger partial charge on any atom is 0.306 e. The van der Waals surface area contributed by atoms with E-state index in [1.807, 2.05) is 36.5 Å². The fourth-order valence-corrected chi connectivity index (χ4v) is 5.52. The van der Waals surface area contributed by atoms with Crippen LogP contribution in [0.4, 0.5) is 0 Å². The molecule has 324 valence electrons. The molecule has 1 unspecified atom stereocenters. The Kier molecular flexibility index (Phi) is 42.2. The summed E-state index contributed by atoms with van der Waals surface area (Å²) < 4.78 is 16.6. The fourth-order valence-electron chi connectivity index (χ4n) is 5.52. The van der Waals surface area contributed by atoms with E-state index in [9.17, 15) is 14.4 Å². The first-order valence-electron chi connectivity index (χ1n) is 22.6. The molecule has 0 bridgehead atoms. The van der Waals surface area contributed by atoms with Crippen LogP contribution in [0, 0.1) is 0 Å². The molecule has 0 amide bonds. The number of allylic oxidation sites excluding steroid dienone is 20. The summed E-state index contributed by atoms with van der Waals surface area (Å²) in [5, 5.41) is 0. The Morgan fingerprint density at radius 2 is 0.707 bits per heavy atom. The van der Waals surface area contributed by atoms with E-state index < -0.39 is 6.10 Å². The Labute approximate surface area is 354 Å². The zero-order valence-electron chi connectivity index (χ0n) is 36.8. The normalized spacial score (nSPS) is 13.2. The van der Waals surface area contributed by atoms with Gasteiger partial charge in [-0.1, -0.05) is 181 Å². The highest BCUT2D eigenvalue weighted by Gasteiger charge is 2.19. The summed E-state index contributed by atoms with van der Waals surface area (Å²) in [7, 11) is 0. The molecule has 0 radical (unpaired) electrons. The lowest BCUT2D eigenvalue weighted by Crippen LogP contribution is -2.30. The summed E-state index contributed by atoms with van der Waals surface area (Å²) in [6.45, 7) is 6.13. The fraction of sp³-hybridized carbons (Fsp3) is 0.558. The minimum absolute atomic E-state index is 0.117. The van der Waals surface area contributed by atoms with E-state index in [2.05, 4.69) is 106 Å². The van der Waals surface area contributed by atoms with Crippen LogP contribution in [0.3, 0.4) is 0 Å². The molecular formula is C52H80O6. The molecular weight excluding hydrogens is 721 g/mol. The van der Waals surface area contributed by atoms with E-state index in [-0.39, 0.29) is 37.5 Å². The van der Waals surface area contributed by atoms with Gasteiger partial charge in [0.1, 0.15) is 13.2 Å². The van der Waals surface area contributed by atoms with Crippen LogP contribution < -0.4 is 0 Å². The predicted molar refractivity (Wildman–Crippen MR) is 246 cm³/mol. The topological polar surface area (TPSA) is 78.9 Å². The van der Waals surface area contributed by atoms with E-state index in [4.69, 9.17) is 14.2 Å². The van der Waals surface area contributed by atoms with Crippen molar-refractivity contribution >= 4 is 17.9 Å². The highest BCUT2D eigenvalue weighted by Crippen LogP contribution is 2.12. The van der Waals surface area contributed by atoms with Crippen molar-refractivity contribution in [2.45, 2.75) is 175 Å². The minimum Gasteiger partial charge on any atom is -0.462 e. The molecule has 0 spiro atoms. The predicted octanol–water partition coefficient (Wildman–Crippen LogP) is 14.6. The van der Waals surface area contributed by atoms with E-state index in [1.165, 1.54) is 25.7 Å². The van der Waals surface area contributed by atoms with Gasteiger partial charge in [-0.3, -0.25) is 14.4 Å². The zero-order chi connectivity index (χ0) is 42.3. The van der Waals surface area contributed by atoms with Crippen LogP contribution in [0.15, 0.2) is 122 Å². The number of carbonyl (C=O) groups excluding carboxylic acids is 3. The highest BCUT2D eigenvalue weighted by atomic mass is 16.6. The lowest BCUT2D eigenvalue weighted by Gasteiger charge is -2.18. The number of hydrogen-bond acceptors (Lipinski definition) is 6. The average Bonchev–Trinajstić information content (AvgIpc) is 3.22. The Balaban J connectivity index is 4.54. The lowest BCUT2D eigenvalue weighted by atomic mass is 10.1. The summed E-state index contributed by atoms with van der Waals surface area (Å²) in [5.41, 5.74) is 0. The lowest BCUT2D eigenvalue weighted by molar-refractivity contribution is -0.167. The molecule has 0 aromatic rings. The summed E-state index contributed by atoms with van der Waals surface area (Å²) in [6.07, 6.45) is 61.8. The van der Waals surface area contributed by atoms with E-state index in [0.29, 0.717) is 25.7 Å². The van der Waals surface area contributed by atoms with Crippen molar-refractivity contribution in [3.05, 3.63) is 122 Å². The molecule has 0 saturated heterocycles. The van der Waals surface area contributed by atoms with Crippen molar-refractivity contribution in [1.29, 1.82) is 0 Å². The van der Waals surface area contributed by atoms with Crippen LogP contribution in [0.5, 0.6) is 0 Å². The quantitative estimate of drug-likeness (QED) is 0.0203. The van der Waals surface area contributed by atoms with Gasteiger partial charge in [0.15, 0.2) is 6.10 Å². The third-order valence-corrected chi connectivity index (χ3v) is 8.85. The molecule has 0 aromatic carbocycles. The molecule has 58 heavy (non-hydrogen) atoms. The Bertz CT molecular complexity index is 1290.